The van der Waals surface area contributed by atoms with E-state index in [9.17, 15) is 0 Å². The van der Waals surface area contributed by atoms with E-state index < -0.39 is 0 Å². The van der Waals surface area contributed by atoms with Crippen molar-refractivity contribution >= 4 is 33.0 Å². The first-order valence-electron chi connectivity index (χ1n) is 4.98. The minimum absolute atomic E-state index is 0.672. The number of nitrogens with zero attached hydrogens (tertiary/aromatic N) is 3. The Labute approximate surface area is 112 Å². The van der Waals surface area contributed by atoms with Gasteiger partial charge in [-0.3, -0.25) is 0 Å². The lowest BCUT2D eigenvalue weighted by molar-refractivity contribution is 0.892. The van der Waals surface area contributed by atoms with E-state index in [1.54, 1.807) is 11.3 Å². The van der Waals surface area contributed by atoms with E-state index in [1.165, 1.54) is 0 Å². The summed E-state index contributed by atoms with van der Waals surface area (Å²) in [7, 11) is 1.96. The highest BCUT2D eigenvalue weighted by Gasteiger charge is 2.09. The zero-order chi connectivity index (χ0) is 12.3. The normalized spacial score (nSPS) is 9.94. The van der Waals surface area contributed by atoms with Crippen LogP contribution in [0.25, 0.3) is 0 Å². The fourth-order valence-corrected chi connectivity index (χ4v) is 2.46. The number of aromatic nitrogens is 1. The molecule has 0 unspecified atom stereocenters. The van der Waals surface area contributed by atoms with Crippen LogP contribution in [0.15, 0.2) is 33.6 Å². The SMILES string of the molecule is CN(Cc1cscn1)c1cc(Br)ccc1C#N. The van der Waals surface area contributed by atoms with Gasteiger partial charge < -0.3 is 4.90 Å². The molecule has 0 N–H and O–H groups in total. The van der Waals surface area contributed by atoms with Crippen LogP contribution in [0.4, 0.5) is 5.69 Å². The number of halogens is 1. The molecule has 0 aliphatic heterocycles. The van der Waals surface area contributed by atoms with Crippen molar-refractivity contribution in [1.29, 1.82) is 5.26 Å². The lowest BCUT2D eigenvalue weighted by Gasteiger charge is -2.19. The number of benzene rings is 1. The lowest BCUT2D eigenvalue weighted by atomic mass is 10.2. The smallest absolute Gasteiger partial charge is 0.101 e. The van der Waals surface area contributed by atoms with E-state index >= 15 is 0 Å². The van der Waals surface area contributed by atoms with Crippen molar-refractivity contribution in [1.82, 2.24) is 4.98 Å². The molecule has 0 amide bonds. The Morgan fingerprint density at radius 2 is 2.35 bits per heavy atom. The van der Waals surface area contributed by atoms with Crippen LogP contribution in [0.2, 0.25) is 0 Å². The van der Waals surface area contributed by atoms with Gasteiger partial charge in [0.1, 0.15) is 6.07 Å². The predicted octanol–water partition coefficient (Wildman–Crippen LogP) is 3.41. The maximum atomic E-state index is 9.08. The molecule has 5 heteroatoms. The van der Waals surface area contributed by atoms with Crippen molar-refractivity contribution in [3.05, 3.63) is 44.8 Å². The quantitative estimate of drug-likeness (QED) is 0.872. The Balaban J connectivity index is 2.27. The summed E-state index contributed by atoms with van der Waals surface area (Å²) in [5, 5.41) is 11.1. The van der Waals surface area contributed by atoms with Gasteiger partial charge in [-0.1, -0.05) is 15.9 Å². The van der Waals surface area contributed by atoms with Crippen LogP contribution in [0.3, 0.4) is 0 Å². The topological polar surface area (TPSA) is 39.9 Å². The summed E-state index contributed by atoms with van der Waals surface area (Å²) in [5.74, 6) is 0. The van der Waals surface area contributed by atoms with Crippen LogP contribution >= 0.6 is 27.3 Å². The minimum atomic E-state index is 0.672. The standard InChI is InChI=1S/C12H10BrN3S/c1-16(6-11-7-17-8-15-11)12-4-10(13)3-2-9(12)5-14/h2-4,7-8H,6H2,1H3. The van der Waals surface area contributed by atoms with E-state index in [1.807, 2.05) is 41.0 Å². The van der Waals surface area contributed by atoms with Gasteiger partial charge in [-0.15, -0.1) is 11.3 Å². The summed E-state index contributed by atoms with van der Waals surface area (Å²) < 4.78 is 0.969. The zero-order valence-corrected chi connectivity index (χ0v) is 11.6. The highest BCUT2D eigenvalue weighted by Crippen LogP contribution is 2.25. The van der Waals surface area contributed by atoms with E-state index in [0.29, 0.717) is 12.1 Å². The molecule has 1 aromatic carbocycles. The highest BCUT2D eigenvalue weighted by atomic mass is 79.9. The van der Waals surface area contributed by atoms with Gasteiger partial charge in [0.15, 0.2) is 0 Å². The fraction of sp³-hybridized carbons (Fsp3) is 0.167. The van der Waals surface area contributed by atoms with Gasteiger partial charge in [0.2, 0.25) is 0 Å². The lowest BCUT2D eigenvalue weighted by Crippen LogP contribution is -2.17. The van der Waals surface area contributed by atoms with Crippen molar-refractivity contribution in [2.45, 2.75) is 6.54 Å². The Morgan fingerprint density at radius 1 is 1.53 bits per heavy atom. The summed E-state index contributed by atoms with van der Waals surface area (Å²) in [6, 6.07) is 7.84. The van der Waals surface area contributed by atoms with E-state index in [2.05, 4.69) is 27.0 Å². The Hall–Kier alpha value is -1.38. The van der Waals surface area contributed by atoms with Gasteiger partial charge in [0.05, 0.1) is 29.0 Å². The van der Waals surface area contributed by atoms with Crippen LogP contribution in [-0.2, 0) is 6.54 Å². The third kappa shape index (κ3) is 2.84. The summed E-state index contributed by atoms with van der Waals surface area (Å²) >= 11 is 5.00. The molecule has 0 saturated carbocycles. The van der Waals surface area contributed by atoms with Crippen LogP contribution in [0.1, 0.15) is 11.3 Å². The molecule has 2 aromatic rings. The molecule has 1 heterocycles. The van der Waals surface area contributed by atoms with E-state index in [-0.39, 0.29) is 0 Å². The maximum absolute atomic E-state index is 9.08. The Kier molecular flexibility index (Phi) is 3.77. The van der Waals surface area contributed by atoms with Gasteiger partial charge in [-0.25, -0.2) is 4.98 Å². The first kappa shape index (κ1) is 12.1. The predicted molar refractivity (Wildman–Crippen MR) is 73.1 cm³/mol. The van der Waals surface area contributed by atoms with Crippen LogP contribution < -0.4 is 4.90 Å². The van der Waals surface area contributed by atoms with Gasteiger partial charge in [-0.2, -0.15) is 5.26 Å². The second-order valence-electron chi connectivity index (χ2n) is 3.61. The Bertz CT molecular complexity index is 545. The average Bonchev–Trinajstić information content (AvgIpc) is 2.81. The summed E-state index contributed by atoms with van der Waals surface area (Å²) in [6.07, 6.45) is 0. The molecule has 0 aliphatic carbocycles. The molecule has 17 heavy (non-hydrogen) atoms. The molecule has 0 aliphatic rings. The molecule has 2 rings (SSSR count). The molecule has 0 fully saturated rings. The average molecular weight is 308 g/mol. The van der Waals surface area contributed by atoms with Crippen LogP contribution in [0, 0.1) is 11.3 Å². The molecule has 0 radical (unpaired) electrons. The van der Waals surface area contributed by atoms with Crippen LogP contribution in [-0.4, -0.2) is 12.0 Å². The first-order chi connectivity index (χ1) is 8.20. The van der Waals surface area contributed by atoms with Crippen molar-refractivity contribution in [2.24, 2.45) is 0 Å². The highest BCUT2D eigenvalue weighted by molar-refractivity contribution is 9.10. The molecule has 0 saturated heterocycles. The summed E-state index contributed by atoms with van der Waals surface area (Å²) in [4.78, 5) is 6.27. The van der Waals surface area contributed by atoms with Gasteiger partial charge in [-0.05, 0) is 18.2 Å². The van der Waals surface area contributed by atoms with Gasteiger partial charge >= 0.3 is 0 Å². The van der Waals surface area contributed by atoms with Crippen LogP contribution in [0.5, 0.6) is 0 Å². The number of rotatable bonds is 3. The second-order valence-corrected chi connectivity index (χ2v) is 5.24. The van der Waals surface area contributed by atoms with Crippen molar-refractivity contribution in [2.75, 3.05) is 11.9 Å². The number of hydrogen-bond donors (Lipinski definition) is 0. The van der Waals surface area contributed by atoms with Crippen molar-refractivity contribution < 1.29 is 0 Å². The summed E-state index contributed by atoms with van der Waals surface area (Å²) in [6.45, 7) is 0.703. The third-order valence-electron chi connectivity index (χ3n) is 2.37. The second kappa shape index (κ2) is 5.30. The molecule has 0 atom stereocenters. The number of thiazole rings is 1. The molecular formula is C12H10BrN3S. The van der Waals surface area contributed by atoms with Gasteiger partial charge in [0, 0.05) is 16.9 Å². The van der Waals surface area contributed by atoms with E-state index in [0.717, 1.165) is 15.9 Å². The fourth-order valence-electron chi connectivity index (χ4n) is 1.56. The number of anilines is 1. The molecule has 0 spiro atoms. The molecule has 0 bridgehead atoms. The monoisotopic (exact) mass is 307 g/mol. The number of nitriles is 1. The van der Waals surface area contributed by atoms with Crippen molar-refractivity contribution in [3.63, 3.8) is 0 Å². The van der Waals surface area contributed by atoms with Crippen molar-refractivity contribution in [3.8, 4) is 6.07 Å². The largest absolute Gasteiger partial charge is 0.368 e. The molecule has 3 nitrogen and oxygen atoms in total. The molecule has 1 aromatic heterocycles. The molecule has 86 valence electrons. The zero-order valence-electron chi connectivity index (χ0n) is 9.22. The number of hydrogen-bond acceptors (Lipinski definition) is 4. The Morgan fingerprint density at radius 3 is 3.00 bits per heavy atom. The minimum Gasteiger partial charge on any atom is -0.368 e. The van der Waals surface area contributed by atoms with E-state index in [4.69, 9.17) is 5.26 Å². The third-order valence-corrected chi connectivity index (χ3v) is 3.50. The summed E-state index contributed by atoms with van der Waals surface area (Å²) in [5.41, 5.74) is 4.41. The van der Waals surface area contributed by atoms with Gasteiger partial charge in [0.25, 0.3) is 0 Å². The molecular weight excluding hydrogens is 298 g/mol. The maximum Gasteiger partial charge on any atom is 0.101 e. The first-order valence-corrected chi connectivity index (χ1v) is 6.72.